The SMILES string of the molecule is C=CCOc1ccc(/C=C2\CCn3c2nc2sc(CC)cc2c3=O)cc1OC. The maximum absolute atomic E-state index is 12.9. The maximum Gasteiger partial charge on any atom is 0.262 e. The van der Waals surface area contributed by atoms with Crippen LogP contribution in [0, 0.1) is 0 Å². The molecule has 0 spiro atoms. The van der Waals surface area contributed by atoms with Gasteiger partial charge in [-0.25, -0.2) is 4.98 Å². The Morgan fingerprint density at radius 3 is 2.93 bits per heavy atom. The van der Waals surface area contributed by atoms with Crippen molar-refractivity contribution in [3.05, 3.63) is 63.5 Å². The fourth-order valence-electron chi connectivity index (χ4n) is 3.42. The third-order valence-corrected chi connectivity index (χ3v) is 6.00. The molecule has 0 bridgehead atoms. The topological polar surface area (TPSA) is 53.4 Å². The first-order chi connectivity index (χ1) is 13.6. The van der Waals surface area contributed by atoms with Gasteiger partial charge in [-0.15, -0.1) is 11.3 Å². The highest BCUT2D eigenvalue weighted by Gasteiger charge is 2.22. The number of rotatable bonds is 6. The summed E-state index contributed by atoms with van der Waals surface area (Å²) in [4.78, 5) is 19.7. The Kier molecular flexibility index (Phi) is 5.05. The zero-order chi connectivity index (χ0) is 19.7. The summed E-state index contributed by atoms with van der Waals surface area (Å²) in [5.74, 6) is 2.12. The Morgan fingerprint density at radius 1 is 1.32 bits per heavy atom. The fraction of sp³-hybridized carbons (Fsp3) is 0.273. The molecule has 0 fully saturated rings. The molecule has 5 nitrogen and oxygen atoms in total. The Bertz CT molecular complexity index is 1140. The van der Waals surface area contributed by atoms with Gasteiger partial charge in [0.05, 0.1) is 12.5 Å². The first-order valence-electron chi connectivity index (χ1n) is 9.30. The molecule has 6 heteroatoms. The van der Waals surface area contributed by atoms with Crippen LogP contribution >= 0.6 is 11.3 Å². The minimum Gasteiger partial charge on any atom is -0.493 e. The quantitative estimate of drug-likeness (QED) is 0.576. The number of hydrogen-bond acceptors (Lipinski definition) is 5. The molecule has 1 aliphatic heterocycles. The van der Waals surface area contributed by atoms with Crippen molar-refractivity contribution in [3.8, 4) is 11.5 Å². The molecule has 0 radical (unpaired) electrons. The van der Waals surface area contributed by atoms with Crippen LogP contribution in [0.1, 0.15) is 29.6 Å². The second-order valence-electron chi connectivity index (χ2n) is 6.61. The molecular weight excluding hydrogens is 372 g/mol. The molecule has 4 rings (SSSR count). The standard InChI is InChI=1S/C22H22N2O3S/c1-4-10-27-18-7-6-14(12-19(18)26-3)11-15-8-9-24-20(15)23-21-17(22(24)25)13-16(5-2)28-21/h4,6-7,11-13H,1,5,8-10H2,2-3H3/b15-11+. The van der Waals surface area contributed by atoms with Crippen molar-refractivity contribution >= 4 is 33.2 Å². The van der Waals surface area contributed by atoms with Gasteiger partial charge < -0.3 is 9.47 Å². The Labute approximate surface area is 167 Å². The zero-order valence-corrected chi connectivity index (χ0v) is 16.8. The molecule has 0 aliphatic carbocycles. The highest BCUT2D eigenvalue weighted by atomic mass is 32.1. The molecule has 3 aromatic rings. The fourth-order valence-corrected chi connectivity index (χ4v) is 4.37. The third-order valence-electron chi connectivity index (χ3n) is 4.83. The normalized spacial score (nSPS) is 14.4. The summed E-state index contributed by atoms with van der Waals surface area (Å²) in [5, 5.41) is 0.734. The summed E-state index contributed by atoms with van der Waals surface area (Å²) in [7, 11) is 1.62. The lowest BCUT2D eigenvalue weighted by Crippen LogP contribution is -2.19. The van der Waals surface area contributed by atoms with Crippen LogP contribution in [0.5, 0.6) is 11.5 Å². The van der Waals surface area contributed by atoms with Crippen LogP contribution < -0.4 is 15.0 Å². The van der Waals surface area contributed by atoms with Gasteiger partial charge in [0.25, 0.3) is 5.56 Å². The average molecular weight is 394 g/mol. The van der Waals surface area contributed by atoms with Gasteiger partial charge in [0, 0.05) is 11.4 Å². The number of methoxy groups -OCH3 is 1. The van der Waals surface area contributed by atoms with Gasteiger partial charge in [-0.2, -0.15) is 0 Å². The predicted molar refractivity (Wildman–Crippen MR) is 114 cm³/mol. The highest BCUT2D eigenvalue weighted by molar-refractivity contribution is 7.18. The molecule has 0 saturated carbocycles. The van der Waals surface area contributed by atoms with Crippen molar-refractivity contribution in [1.82, 2.24) is 9.55 Å². The number of fused-ring (bicyclic) bond motifs is 2. The molecule has 0 N–H and O–H groups in total. The number of hydrogen-bond donors (Lipinski definition) is 0. The number of ether oxygens (including phenoxy) is 2. The lowest BCUT2D eigenvalue weighted by molar-refractivity contribution is 0.326. The van der Waals surface area contributed by atoms with Gasteiger partial charge in [-0.1, -0.05) is 25.6 Å². The summed E-state index contributed by atoms with van der Waals surface area (Å²) in [6.45, 7) is 6.85. The number of aryl methyl sites for hydroxylation is 1. The van der Waals surface area contributed by atoms with Crippen LogP contribution in [-0.4, -0.2) is 23.3 Å². The Morgan fingerprint density at radius 2 is 2.18 bits per heavy atom. The molecule has 28 heavy (non-hydrogen) atoms. The first-order valence-corrected chi connectivity index (χ1v) is 10.1. The average Bonchev–Trinajstić information content (AvgIpc) is 3.31. The molecule has 0 atom stereocenters. The van der Waals surface area contributed by atoms with E-state index in [4.69, 9.17) is 14.5 Å². The smallest absolute Gasteiger partial charge is 0.262 e. The summed E-state index contributed by atoms with van der Waals surface area (Å²) in [6, 6.07) is 7.79. The minimum atomic E-state index is 0.0603. The van der Waals surface area contributed by atoms with Gasteiger partial charge in [0.1, 0.15) is 17.3 Å². The van der Waals surface area contributed by atoms with Crippen molar-refractivity contribution in [2.45, 2.75) is 26.3 Å². The van der Waals surface area contributed by atoms with E-state index in [2.05, 4.69) is 19.6 Å². The van der Waals surface area contributed by atoms with E-state index in [1.165, 1.54) is 4.88 Å². The molecule has 2 aromatic heterocycles. The number of thiophene rings is 1. The maximum atomic E-state index is 12.9. The van der Waals surface area contributed by atoms with Crippen molar-refractivity contribution in [1.29, 1.82) is 0 Å². The Hall–Kier alpha value is -2.86. The summed E-state index contributed by atoms with van der Waals surface area (Å²) in [5.41, 5.74) is 2.11. The molecule has 1 aromatic carbocycles. The molecule has 1 aliphatic rings. The van der Waals surface area contributed by atoms with Crippen LogP contribution in [0.2, 0.25) is 0 Å². The van der Waals surface area contributed by atoms with E-state index in [0.29, 0.717) is 24.7 Å². The first kappa shape index (κ1) is 18.5. The third kappa shape index (κ3) is 3.24. The van der Waals surface area contributed by atoms with Gasteiger partial charge in [-0.3, -0.25) is 9.36 Å². The largest absolute Gasteiger partial charge is 0.493 e. The number of aromatic nitrogens is 2. The molecule has 144 valence electrons. The van der Waals surface area contributed by atoms with Crippen molar-refractivity contribution in [2.75, 3.05) is 13.7 Å². The zero-order valence-electron chi connectivity index (χ0n) is 16.0. The predicted octanol–water partition coefficient (Wildman–Crippen LogP) is 4.54. The monoisotopic (exact) mass is 394 g/mol. The summed E-state index contributed by atoms with van der Waals surface area (Å²) in [6.07, 6.45) is 5.48. The molecule has 0 unspecified atom stereocenters. The van der Waals surface area contributed by atoms with Crippen LogP contribution in [0.4, 0.5) is 0 Å². The van der Waals surface area contributed by atoms with E-state index < -0.39 is 0 Å². The minimum absolute atomic E-state index is 0.0603. The van der Waals surface area contributed by atoms with Gasteiger partial charge in [-0.05, 0) is 48.3 Å². The second kappa shape index (κ2) is 7.64. The Balaban J connectivity index is 1.74. The van der Waals surface area contributed by atoms with E-state index in [-0.39, 0.29) is 5.56 Å². The van der Waals surface area contributed by atoms with Gasteiger partial charge in [0.2, 0.25) is 0 Å². The number of allylic oxidation sites excluding steroid dienone is 1. The molecular formula is C22H22N2O3S. The van der Waals surface area contributed by atoms with Crippen molar-refractivity contribution < 1.29 is 9.47 Å². The second-order valence-corrected chi connectivity index (χ2v) is 7.72. The van der Waals surface area contributed by atoms with E-state index in [1.54, 1.807) is 29.1 Å². The van der Waals surface area contributed by atoms with Gasteiger partial charge in [0.15, 0.2) is 11.5 Å². The van der Waals surface area contributed by atoms with E-state index in [1.807, 2.05) is 24.3 Å². The summed E-state index contributed by atoms with van der Waals surface area (Å²) >= 11 is 1.61. The highest BCUT2D eigenvalue weighted by Crippen LogP contribution is 2.33. The van der Waals surface area contributed by atoms with Crippen molar-refractivity contribution in [3.63, 3.8) is 0 Å². The van der Waals surface area contributed by atoms with Crippen LogP contribution in [0.15, 0.2) is 41.7 Å². The van der Waals surface area contributed by atoms with Crippen LogP contribution in [0.25, 0.3) is 21.9 Å². The van der Waals surface area contributed by atoms with E-state index >= 15 is 0 Å². The number of nitrogens with zero attached hydrogens (tertiary/aromatic N) is 2. The van der Waals surface area contributed by atoms with Crippen LogP contribution in [0.3, 0.4) is 0 Å². The van der Waals surface area contributed by atoms with Gasteiger partial charge >= 0.3 is 0 Å². The van der Waals surface area contributed by atoms with E-state index in [9.17, 15) is 4.79 Å². The lowest BCUT2D eigenvalue weighted by Gasteiger charge is -2.10. The van der Waals surface area contributed by atoms with Crippen molar-refractivity contribution in [2.24, 2.45) is 0 Å². The lowest BCUT2D eigenvalue weighted by atomic mass is 10.1. The molecule has 3 heterocycles. The van der Waals surface area contributed by atoms with Crippen LogP contribution in [-0.2, 0) is 13.0 Å². The number of benzene rings is 1. The molecule has 0 amide bonds. The van der Waals surface area contributed by atoms with E-state index in [0.717, 1.165) is 40.0 Å². The molecule has 0 saturated heterocycles. The summed E-state index contributed by atoms with van der Waals surface area (Å²) < 4.78 is 12.9.